The van der Waals surface area contributed by atoms with Crippen LogP contribution in [0.3, 0.4) is 0 Å². The fourth-order valence-corrected chi connectivity index (χ4v) is 4.04. The lowest BCUT2D eigenvalue weighted by atomic mass is 9.95. The Morgan fingerprint density at radius 2 is 1.65 bits per heavy atom. The zero-order valence-electron chi connectivity index (χ0n) is 23.3. The zero-order valence-corrected chi connectivity index (χ0v) is 23.3. The maximum absolute atomic E-state index is 12.7. The van der Waals surface area contributed by atoms with Gasteiger partial charge in [-0.05, 0) is 48.1 Å². The highest BCUT2D eigenvalue weighted by atomic mass is 19.4. The Bertz CT molecular complexity index is 992. The normalized spacial score (nSPS) is 14.7. The van der Waals surface area contributed by atoms with E-state index in [1.54, 1.807) is 12.2 Å². The lowest BCUT2D eigenvalue weighted by Crippen LogP contribution is -2.37. The molecule has 3 atom stereocenters. The Hall–Kier alpha value is -2.60. The van der Waals surface area contributed by atoms with Gasteiger partial charge in [-0.25, -0.2) is 0 Å². The summed E-state index contributed by atoms with van der Waals surface area (Å²) in [5, 5.41) is 8.88. The van der Waals surface area contributed by atoms with E-state index in [4.69, 9.17) is 0 Å². The van der Waals surface area contributed by atoms with Crippen LogP contribution in [0.5, 0.6) is 0 Å². The van der Waals surface area contributed by atoms with Crippen LogP contribution in [-0.2, 0) is 4.79 Å². The van der Waals surface area contributed by atoms with Crippen molar-refractivity contribution in [2.45, 2.75) is 91.9 Å². The molecular formula is C31H45F3N2O. The summed E-state index contributed by atoms with van der Waals surface area (Å²) in [6.45, 7) is 12.3. The van der Waals surface area contributed by atoms with Crippen molar-refractivity contribution in [2.24, 2.45) is 5.92 Å². The highest BCUT2D eigenvalue weighted by Crippen LogP contribution is 2.25. The van der Waals surface area contributed by atoms with Gasteiger partial charge in [0.1, 0.15) is 0 Å². The van der Waals surface area contributed by atoms with Gasteiger partial charge in [0.15, 0.2) is 0 Å². The molecular weight excluding hydrogens is 473 g/mol. The number of alkyl halides is 3. The molecule has 3 nitrogen and oxygen atoms in total. The molecule has 0 aliphatic rings. The number of rotatable bonds is 12. The lowest BCUT2D eigenvalue weighted by Gasteiger charge is -2.26. The van der Waals surface area contributed by atoms with Crippen molar-refractivity contribution < 1.29 is 18.0 Å². The summed E-state index contributed by atoms with van der Waals surface area (Å²) in [4.78, 5) is 12.7. The fourth-order valence-electron chi connectivity index (χ4n) is 4.04. The molecule has 0 aliphatic heterocycles. The minimum Gasteiger partial charge on any atom is -0.352 e. The van der Waals surface area contributed by atoms with Crippen LogP contribution in [0.1, 0.15) is 85.3 Å². The Balaban J connectivity index is 0.00000217. The Morgan fingerprint density at radius 1 is 1.00 bits per heavy atom. The summed E-state index contributed by atoms with van der Waals surface area (Å²) in [5.74, 6) is -0.419. The number of benzene rings is 2. The second kappa shape index (κ2) is 17.0. The number of allylic oxidation sites excluding steroid dienone is 2. The first kappa shape index (κ1) is 32.4. The van der Waals surface area contributed by atoms with Crippen LogP contribution in [0.25, 0.3) is 10.8 Å². The standard InChI is InChI=1S/C28H37F3N2O.C3H8/c1-5-7-11-22(16-17-28(29,30)31)19-32-27(34)20(3)18-24(6-2)33-21(4)25-15-10-13-23-12-8-9-14-26(23)25;1-3-2/h7-16,20-21,24,33H,5-6,17-19H2,1-4H3,(H,32,34);3H2,1-2H3/b11-7-,22-16+;/t20-,21?,24+;/m0./s1. The van der Waals surface area contributed by atoms with Crippen molar-refractivity contribution in [3.63, 3.8) is 0 Å². The fraction of sp³-hybridized carbons (Fsp3) is 0.516. The van der Waals surface area contributed by atoms with Gasteiger partial charge in [0.2, 0.25) is 5.91 Å². The Labute approximate surface area is 221 Å². The van der Waals surface area contributed by atoms with Gasteiger partial charge >= 0.3 is 6.18 Å². The van der Waals surface area contributed by atoms with Crippen LogP contribution in [0, 0.1) is 5.92 Å². The molecule has 0 heterocycles. The largest absolute Gasteiger partial charge is 0.392 e. The molecule has 206 valence electrons. The molecule has 0 saturated heterocycles. The molecule has 0 spiro atoms. The topological polar surface area (TPSA) is 41.1 Å². The van der Waals surface area contributed by atoms with Crippen LogP contribution >= 0.6 is 0 Å². The summed E-state index contributed by atoms with van der Waals surface area (Å²) < 4.78 is 37.8. The molecule has 0 aliphatic carbocycles. The van der Waals surface area contributed by atoms with Crippen molar-refractivity contribution in [3.8, 4) is 0 Å². The molecule has 6 heteroatoms. The quantitative estimate of drug-likeness (QED) is 0.276. The van der Waals surface area contributed by atoms with E-state index in [1.807, 2.05) is 26.0 Å². The van der Waals surface area contributed by atoms with Crippen molar-refractivity contribution in [1.82, 2.24) is 10.6 Å². The van der Waals surface area contributed by atoms with E-state index in [0.717, 1.165) is 12.5 Å². The third-order valence-corrected chi connectivity index (χ3v) is 5.98. The number of carbonyl (C=O) groups excluding carboxylic acids is 1. The molecule has 1 unspecified atom stereocenters. The van der Waals surface area contributed by atoms with Crippen LogP contribution in [0.2, 0.25) is 0 Å². The van der Waals surface area contributed by atoms with E-state index in [9.17, 15) is 18.0 Å². The summed E-state index contributed by atoms with van der Waals surface area (Å²) >= 11 is 0. The Kier molecular flexibility index (Phi) is 14.9. The van der Waals surface area contributed by atoms with E-state index in [-0.39, 0.29) is 30.5 Å². The summed E-state index contributed by atoms with van der Waals surface area (Å²) in [6, 6.07) is 14.8. The van der Waals surface area contributed by atoms with Crippen molar-refractivity contribution >= 4 is 16.7 Å². The van der Waals surface area contributed by atoms with Gasteiger partial charge in [0.25, 0.3) is 0 Å². The highest BCUT2D eigenvalue weighted by Gasteiger charge is 2.25. The summed E-state index contributed by atoms with van der Waals surface area (Å²) in [5.41, 5.74) is 1.69. The third-order valence-electron chi connectivity index (χ3n) is 5.98. The zero-order chi connectivity index (χ0) is 27.8. The first-order valence-electron chi connectivity index (χ1n) is 13.5. The molecule has 1 amide bonds. The van der Waals surface area contributed by atoms with Gasteiger partial charge in [0, 0.05) is 24.5 Å². The van der Waals surface area contributed by atoms with E-state index in [0.29, 0.717) is 18.4 Å². The van der Waals surface area contributed by atoms with E-state index in [1.165, 1.54) is 22.8 Å². The molecule has 0 fully saturated rings. The predicted molar refractivity (Wildman–Crippen MR) is 151 cm³/mol. The monoisotopic (exact) mass is 518 g/mol. The van der Waals surface area contributed by atoms with Gasteiger partial charge in [-0.3, -0.25) is 4.79 Å². The molecule has 2 aromatic rings. The predicted octanol–water partition coefficient (Wildman–Crippen LogP) is 8.67. The average molecular weight is 519 g/mol. The molecule has 2 N–H and O–H groups in total. The number of amides is 1. The van der Waals surface area contributed by atoms with Gasteiger partial charge in [-0.15, -0.1) is 0 Å². The number of carbonyl (C=O) groups is 1. The second-order valence-electron chi connectivity index (χ2n) is 9.53. The third kappa shape index (κ3) is 12.5. The molecule has 2 rings (SSSR count). The number of halogens is 3. The summed E-state index contributed by atoms with van der Waals surface area (Å²) in [7, 11) is 0. The average Bonchev–Trinajstić information content (AvgIpc) is 2.87. The molecule has 0 radical (unpaired) electrons. The van der Waals surface area contributed by atoms with Gasteiger partial charge in [-0.1, -0.05) is 102 Å². The van der Waals surface area contributed by atoms with Crippen LogP contribution in [0.15, 0.2) is 66.3 Å². The maximum atomic E-state index is 12.7. The van der Waals surface area contributed by atoms with Gasteiger partial charge in [-0.2, -0.15) is 13.2 Å². The first-order chi connectivity index (χ1) is 17.6. The van der Waals surface area contributed by atoms with Gasteiger partial charge < -0.3 is 10.6 Å². The SMILES string of the molecule is CC/C=C\C(=C/CC(F)(F)F)CNC(=O)[C@@H](C)C[C@@H](CC)NC(C)c1cccc2ccccc12.CCC. The Morgan fingerprint density at radius 3 is 2.27 bits per heavy atom. The number of fused-ring (bicyclic) bond motifs is 1. The highest BCUT2D eigenvalue weighted by molar-refractivity contribution is 5.86. The van der Waals surface area contributed by atoms with Crippen molar-refractivity contribution in [3.05, 3.63) is 71.8 Å². The van der Waals surface area contributed by atoms with E-state index in [2.05, 4.69) is 68.7 Å². The molecule has 2 aromatic carbocycles. The molecule has 0 saturated carbocycles. The summed E-state index contributed by atoms with van der Waals surface area (Å²) in [6.07, 6.45) is 2.79. The maximum Gasteiger partial charge on any atom is 0.392 e. The molecule has 37 heavy (non-hydrogen) atoms. The van der Waals surface area contributed by atoms with Gasteiger partial charge in [0.05, 0.1) is 6.42 Å². The smallest absolute Gasteiger partial charge is 0.352 e. The number of hydrogen-bond acceptors (Lipinski definition) is 2. The van der Waals surface area contributed by atoms with E-state index < -0.39 is 12.6 Å². The van der Waals surface area contributed by atoms with Crippen LogP contribution in [-0.4, -0.2) is 24.7 Å². The minimum absolute atomic E-state index is 0.0897. The first-order valence-corrected chi connectivity index (χ1v) is 13.5. The van der Waals surface area contributed by atoms with Crippen molar-refractivity contribution in [1.29, 1.82) is 0 Å². The lowest BCUT2D eigenvalue weighted by molar-refractivity contribution is -0.125. The second-order valence-corrected chi connectivity index (χ2v) is 9.53. The molecule has 0 bridgehead atoms. The molecule has 0 aromatic heterocycles. The minimum atomic E-state index is -4.26. The van der Waals surface area contributed by atoms with Crippen molar-refractivity contribution in [2.75, 3.05) is 6.54 Å². The van der Waals surface area contributed by atoms with Crippen LogP contribution in [0.4, 0.5) is 13.2 Å². The van der Waals surface area contributed by atoms with Crippen LogP contribution < -0.4 is 10.6 Å². The number of hydrogen-bond donors (Lipinski definition) is 2. The van der Waals surface area contributed by atoms with E-state index >= 15 is 0 Å². The number of nitrogens with one attached hydrogen (secondary N) is 2.